The third-order valence-corrected chi connectivity index (χ3v) is 5.56. The predicted octanol–water partition coefficient (Wildman–Crippen LogP) is 3.50. The molecule has 0 saturated carbocycles. The molecule has 5 heteroatoms. The third-order valence-electron chi connectivity index (χ3n) is 4.55. The first-order chi connectivity index (χ1) is 11.3. The van der Waals surface area contributed by atoms with Crippen LogP contribution in [-0.4, -0.2) is 33.7 Å². The van der Waals surface area contributed by atoms with Gasteiger partial charge in [0.15, 0.2) is 0 Å². The Morgan fingerprint density at radius 3 is 3.09 bits per heavy atom. The van der Waals surface area contributed by atoms with Crippen molar-refractivity contribution < 1.29 is 4.79 Å². The Balaban J connectivity index is 1.48. The van der Waals surface area contributed by atoms with Crippen molar-refractivity contribution in [1.82, 2.24) is 14.7 Å². The van der Waals surface area contributed by atoms with Gasteiger partial charge in [-0.05, 0) is 41.3 Å². The summed E-state index contributed by atoms with van der Waals surface area (Å²) in [7, 11) is 0. The highest BCUT2D eigenvalue weighted by Crippen LogP contribution is 2.27. The van der Waals surface area contributed by atoms with Crippen molar-refractivity contribution in [3.8, 4) is 0 Å². The summed E-state index contributed by atoms with van der Waals surface area (Å²) in [5.74, 6) is 0.227. The van der Waals surface area contributed by atoms with Crippen molar-refractivity contribution >= 4 is 27.3 Å². The number of rotatable bonds is 3. The molecule has 118 valence electrons. The van der Waals surface area contributed by atoms with E-state index in [0.29, 0.717) is 12.5 Å². The molecule has 0 unspecified atom stereocenters. The summed E-state index contributed by atoms with van der Waals surface area (Å²) in [4.78, 5) is 14.7. The summed E-state index contributed by atoms with van der Waals surface area (Å²) in [5.41, 5.74) is 1.15. The van der Waals surface area contributed by atoms with Crippen molar-refractivity contribution in [1.29, 1.82) is 0 Å². The summed E-state index contributed by atoms with van der Waals surface area (Å²) >= 11 is 1.72. The molecule has 23 heavy (non-hydrogen) atoms. The molecule has 1 amide bonds. The first kappa shape index (κ1) is 14.5. The van der Waals surface area contributed by atoms with E-state index in [1.807, 2.05) is 34.0 Å². The van der Waals surface area contributed by atoms with Crippen molar-refractivity contribution in [3.05, 3.63) is 53.7 Å². The zero-order chi connectivity index (χ0) is 15.6. The fraction of sp³-hybridized carbons (Fsp3) is 0.333. The second-order valence-corrected chi connectivity index (χ2v) is 6.97. The van der Waals surface area contributed by atoms with Gasteiger partial charge >= 0.3 is 0 Å². The minimum Gasteiger partial charge on any atom is -0.340 e. The van der Waals surface area contributed by atoms with Crippen LogP contribution in [0.3, 0.4) is 0 Å². The molecule has 3 aromatic rings. The standard InChI is InChI=1S/C18H19N3OS/c22-18(11-14-13-23-17-7-2-1-6-16(14)17)20-9-3-5-15(12-20)21-10-4-8-19-21/h1-2,4,6-8,10,13,15H,3,5,9,11-12H2/t15-/m1/s1. The molecule has 1 aliphatic heterocycles. The lowest BCUT2D eigenvalue weighted by Gasteiger charge is -2.33. The zero-order valence-corrected chi connectivity index (χ0v) is 13.7. The Hall–Kier alpha value is -2.14. The van der Waals surface area contributed by atoms with Gasteiger partial charge in [0.25, 0.3) is 0 Å². The van der Waals surface area contributed by atoms with Crippen LogP contribution in [0.2, 0.25) is 0 Å². The first-order valence-corrected chi connectivity index (χ1v) is 8.91. The molecule has 1 fully saturated rings. The minimum atomic E-state index is 0.227. The number of likely N-dealkylation sites (tertiary alicyclic amines) is 1. The number of piperidine rings is 1. The van der Waals surface area contributed by atoms with Gasteiger partial charge in [0, 0.05) is 30.2 Å². The van der Waals surface area contributed by atoms with Crippen molar-refractivity contribution in [3.63, 3.8) is 0 Å². The Labute approximate surface area is 139 Å². The van der Waals surface area contributed by atoms with E-state index in [1.54, 1.807) is 17.5 Å². The van der Waals surface area contributed by atoms with E-state index in [2.05, 4.69) is 22.6 Å². The molecule has 0 spiro atoms. The first-order valence-electron chi connectivity index (χ1n) is 8.03. The average molecular weight is 325 g/mol. The van der Waals surface area contributed by atoms with Crippen molar-refractivity contribution in [2.24, 2.45) is 0 Å². The van der Waals surface area contributed by atoms with Crippen LogP contribution in [0.15, 0.2) is 48.1 Å². The number of hydrogen-bond acceptors (Lipinski definition) is 3. The number of hydrogen-bond donors (Lipinski definition) is 0. The number of thiophene rings is 1. The Bertz CT molecular complexity index is 809. The summed E-state index contributed by atoms with van der Waals surface area (Å²) < 4.78 is 3.24. The maximum atomic E-state index is 12.7. The number of amides is 1. The van der Waals surface area contributed by atoms with E-state index in [0.717, 1.165) is 31.5 Å². The molecule has 0 aliphatic carbocycles. The highest BCUT2D eigenvalue weighted by molar-refractivity contribution is 7.17. The zero-order valence-electron chi connectivity index (χ0n) is 12.9. The molecule has 3 heterocycles. The van der Waals surface area contributed by atoms with Crippen LogP contribution in [0.1, 0.15) is 24.4 Å². The molecular formula is C18H19N3OS. The normalized spacial score (nSPS) is 18.4. The smallest absolute Gasteiger partial charge is 0.227 e. The molecular weight excluding hydrogens is 306 g/mol. The lowest BCUT2D eigenvalue weighted by molar-refractivity contribution is -0.132. The Morgan fingerprint density at radius 1 is 1.30 bits per heavy atom. The third kappa shape index (κ3) is 2.88. The summed E-state index contributed by atoms with van der Waals surface area (Å²) in [6.07, 6.45) is 6.42. The van der Waals surface area contributed by atoms with Crippen LogP contribution in [-0.2, 0) is 11.2 Å². The molecule has 4 rings (SSSR count). The molecule has 1 aromatic carbocycles. The number of carbonyl (C=O) groups is 1. The van der Waals surface area contributed by atoms with Gasteiger partial charge < -0.3 is 4.90 Å². The van der Waals surface area contributed by atoms with Crippen molar-refractivity contribution in [2.45, 2.75) is 25.3 Å². The van der Waals surface area contributed by atoms with Gasteiger partial charge in [-0.1, -0.05) is 18.2 Å². The van der Waals surface area contributed by atoms with Gasteiger partial charge in [0.05, 0.1) is 12.5 Å². The van der Waals surface area contributed by atoms with Gasteiger partial charge in [0.1, 0.15) is 0 Å². The van der Waals surface area contributed by atoms with Crippen LogP contribution in [0.25, 0.3) is 10.1 Å². The summed E-state index contributed by atoms with van der Waals surface area (Å²) in [6, 6.07) is 10.6. The number of aromatic nitrogens is 2. The number of benzene rings is 1. The highest BCUT2D eigenvalue weighted by Gasteiger charge is 2.25. The van der Waals surface area contributed by atoms with Gasteiger partial charge in [0.2, 0.25) is 5.91 Å². The molecule has 1 aliphatic rings. The van der Waals surface area contributed by atoms with E-state index in [4.69, 9.17) is 0 Å². The van der Waals surface area contributed by atoms with Crippen LogP contribution < -0.4 is 0 Å². The average Bonchev–Trinajstić information content (AvgIpc) is 3.25. The van der Waals surface area contributed by atoms with Crippen LogP contribution in [0.5, 0.6) is 0 Å². The molecule has 4 nitrogen and oxygen atoms in total. The van der Waals surface area contributed by atoms with Crippen molar-refractivity contribution in [2.75, 3.05) is 13.1 Å². The maximum absolute atomic E-state index is 12.7. The molecule has 1 atom stereocenters. The molecule has 1 saturated heterocycles. The van der Waals surface area contributed by atoms with E-state index >= 15 is 0 Å². The number of nitrogens with zero attached hydrogens (tertiary/aromatic N) is 3. The van der Waals surface area contributed by atoms with Crippen LogP contribution in [0, 0.1) is 0 Å². The number of fused-ring (bicyclic) bond motifs is 1. The van der Waals surface area contributed by atoms with Gasteiger partial charge in [-0.25, -0.2) is 0 Å². The van der Waals surface area contributed by atoms with Crippen LogP contribution >= 0.6 is 11.3 Å². The van der Waals surface area contributed by atoms with Gasteiger partial charge in [-0.3, -0.25) is 9.48 Å². The molecule has 0 radical (unpaired) electrons. The fourth-order valence-electron chi connectivity index (χ4n) is 3.34. The summed E-state index contributed by atoms with van der Waals surface area (Å²) in [5, 5.41) is 7.67. The SMILES string of the molecule is O=C(Cc1csc2ccccc12)N1CCC[C@@H](n2cccn2)C1. The topological polar surface area (TPSA) is 38.1 Å². The molecule has 0 N–H and O–H groups in total. The van der Waals surface area contributed by atoms with Gasteiger partial charge in [-0.2, -0.15) is 5.10 Å². The minimum absolute atomic E-state index is 0.227. The fourth-order valence-corrected chi connectivity index (χ4v) is 4.30. The second kappa shape index (κ2) is 6.16. The number of carbonyl (C=O) groups excluding carboxylic acids is 1. The second-order valence-electron chi connectivity index (χ2n) is 6.06. The van der Waals surface area contributed by atoms with E-state index in [9.17, 15) is 4.79 Å². The highest BCUT2D eigenvalue weighted by atomic mass is 32.1. The Kier molecular flexibility index (Phi) is 3.87. The lowest BCUT2D eigenvalue weighted by Crippen LogP contribution is -2.41. The molecule has 0 bridgehead atoms. The van der Waals surface area contributed by atoms with E-state index in [1.165, 1.54) is 10.1 Å². The van der Waals surface area contributed by atoms with Gasteiger partial charge in [-0.15, -0.1) is 11.3 Å². The van der Waals surface area contributed by atoms with Crippen LogP contribution in [0.4, 0.5) is 0 Å². The monoisotopic (exact) mass is 325 g/mol. The summed E-state index contributed by atoms with van der Waals surface area (Å²) in [6.45, 7) is 1.63. The Morgan fingerprint density at radius 2 is 2.22 bits per heavy atom. The van der Waals surface area contributed by atoms with E-state index < -0.39 is 0 Å². The quantitative estimate of drug-likeness (QED) is 0.739. The maximum Gasteiger partial charge on any atom is 0.227 e. The lowest BCUT2D eigenvalue weighted by atomic mass is 10.0. The molecule has 2 aromatic heterocycles. The predicted molar refractivity (Wildman–Crippen MR) is 92.6 cm³/mol. The largest absolute Gasteiger partial charge is 0.340 e. The van der Waals surface area contributed by atoms with E-state index in [-0.39, 0.29) is 5.91 Å².